The molecule has 1 N–H and O–H groups in total. The van der Waals surface area contributed by atoms with Gasteiger partial charge in [-0.1, -0.05) is 11.6 Å². The highest BCUT2D eigenvalue weighted by Gasteiger charge is 2.14. The average Bonchev–Trinajstić information content (AvgIpc) is 2.72. The van der Waals surface area contributed by atoms with Crippen molar-refractivity contribution in [2.24, 2.45) is 0 Å². The van der Waals surface area contributed by atoms with Crippen molar-refractivity contribution < 1.29 is 9.21 Å². The molecule has 1 unspecified atom stereocenters. The Labute approximate surface area is 105 Å². The van der Waals surface area contributed by atoms with E-state index in [9.17, 15) is 4.79 Å². The Bertz CT molecular complexity index is 622. The van der Waals surface area contributed by atoms with Gasteiger partial charge in [-0.05, 0) is 32.0 Å². The summed E-state index contributed by atoms with van der Waals surface area (Å²) in [6.45, 7) is 3.77. The second-order valence-corrected chi connectivity index (χ2v) is 4.39. The lowest BCUT2D eigenvalue weighted by molar-refractivity contribution is 0.0915. The number of nitrogens with zero attached hydrogens (tertiary/aromatic N) is 1. The zero-order chi connectivity index (χ0) is 13.1. The molecule has 92 valence electrons. The first-order valence-electron chi connectivity index (χ1n) is 5.78. The molecule has 1 aromatic carbocycles. The zero-order valence-corrected chi connectivity index (χ0v) is 10.4. The Balaban J connectivity index is 2.21. The second kappa shape index (κ2) is 4.92. The normalized spacial score (nSPS) is 12.1. The Kier molecular flexibility index (Phi) is 3.33. The summed E-state index contributed by atoms with van der Waals surface area (Å²) in [5, 5.41) is 12.2. The number of amides is 1. The first-order valence-corrected chi connectivity index (χ1v) is 5.78. The summed E-state index contributed by atoms with van der Waals surface area (Å²) < 4.78 is 5.47. The number of carbonyl (C=O) groups excluding carboxylic acids is 1. The van der Waals surface area contributed by atoms with Gasteiger partial charge < -0.3 is 9.73 Å². The average molecular weight is 242 g/mol. The van der Waals surface area contributed by atoms with Crippen LogP contribution in [-0.2, 0) is 0 Å². The molecule has 4 heteroatoms. The number of fused-ring (bicyclic) bond motifs is 1. The molecule has 1 amide bonds. The monoisotopic (exact) mass is 242 g/mol. The maximum atomic E-state index is 11.9. The van der Waals surface area contributed by atoms with E-state index in [1.807, 2.05) is 31.2 Å². The quantitative estimate of drug-likeness (QED) is 0.899. The lowest BCUT2D eigenvalue weighted by Crippen LogP contribution is -2.31. The maximum Gasteiger partial charge on any atom is 0.287 e. The van der Waals surface area contributed by atoms with E-state index < -0.39 is 0 Å². The summed E-state index contributed by atoms with van der Waals surface area (Å²) in [4.78, 5) is 11.9. The molecule has 0 aliphatic carbocycles. The van der Waals surface area contributed by atoms with E-state index in [2.05, 4.69) is 5.32 Å². The van der Waals surface area contributed by atoms with Crippen LogP contribution in [0, 0.1) is 18.3 Å². The first kappa shape index (κ1) is 12.2. The van der Waals surface area contributed by atoms with Gasteiger partial charge >= 0.3 is 0 Å². The number of nitriles is 1. The van der Waals surface area contributed by atoms with Crippen molar-refractivity contribution in [1.82, 2.24) is 5.32 Å². The highest BCUT2D eigenvalue weighted by Crippen LogP contribution is 2.20. The summed E-state index contributed by atoms with van der Waals surface area (Å²) in [7, 11) is 0. The molecule has 0 aliphatic rings. The topological polar surface area (TPSA) is 66.0 Å². The minimum atomic E-state index is -0.286. The number of hydrogen-bond acceptors (Lipinski definition) is 3. The van der Waals surface area contributed by atoms with Crippen LogP contribution in [0.25, 0.3) is 11.0 Å². The molecule has 1 heterocycles. The number of furan rings is 1. The van der Waals surface area contributed by atoms with Crippen molar-refractivity contribution in [2.45, 2.75) is 26.3 Å². The van der Waals surface area contributed by atoms with Gasteiger partial charge in [0.2, 0.25) is 0 Å². The van der Waals surface area contributed by atoms with Crippen LogP contribution in [0.1, 0.15) is 29.5 Å². The van der Waals surface area contributed by atoms with Gasteiger partial charge in [0.25, 0.3) is 5.91 Å². The van der Waals surface area contributed by atoms with E-state index in [-0.39, 0.29) is 24.1 Å². The molecular formula is C14H14N2O2. The molecule has 4 nitrogen and oxygen atoms in total. The molecule has 0 spiro atoms. The molecule has 0 aliphatic heterocycles. The third-order valence-corrected chi connectivity index (χ3v) is 2.67. The minimum absolute atomic E-state index is 0.183. The largest absolute Gasteiger partial charge is 0.451 e. The summed E-state index contributed by atoms with van der Waals surface area (Å²) in [5.41, 5.74) is 1.81. The number of carbonyl (C=O) groups is 1. The van der Waals surface area contributed by atoms with Crippen LogP contribution in [0.3, 0.4) is 0 Å². The molecular weight excluding hydrogens is 228 g/mol. The lowest BCUT2D eigenvalue weighted by Gasteiger charge is -2.07. The standard InChI is InChI=1S/C14H14N2O2/c1-9-3-4-12-11(7-9)8-13(18-12)14(17)16-10(2)5-6-15/h3-4,7-8,10H,5H2,1-2H3,(H,16,17). The van der Waals surface area contributed by atoms with Crippen molar-refractivity contribution in [3.8, 4) is 6.07 Å². The molecule has 2 aromatic rings. The number of hydrogen-bond donors (Lipinski definition) is 1. The molecule has 1 aromatic heterocycles. The lowest BCUT2D eigenvalue weighted by atomic mass is 10.2. The van der Waals surface area contributed by atoms with E-state index in [4.69, 9.17) is 9.68 Å². The van der Waals surface area contributed by atoms with E-state index >= 15 is 0 Å². The zero-order valence-electron chi connectivity index (χ0n) is 10.4. The predicted octanol–water partition coefficient (Wildman–Crippen LogP) is 2.77. The van der Waals surface area contributed by atoms with Gasteiger partial charge in [0, 0.05) is 11.4 Å². The van der Waals surface area contributed by atoms with Crippen LogP contribution in [-0.4, -0.2) is 11.9 Å². The van der Waals surface area contributed by atoms with Crippen LogP contribution in [0.5, 0.6) is 0 Å². The van der Waals surface area contributed by atoms with Crippen LogP contribution in [0.2, 0.25) is 0 Å². The Morgan fingerprint density at radius 2 is 2.28 bits per heavy atom. The van der Waals surface area contributed by atoms with Gasteiger partial charge in [0.05, 0.1) is 12.5 Å². The van der Waals surface area contributed by atoms with Gasteiger partial charge in [-0.15, -0.1) is 0 Å². The summed E-state index contributed by atoms with van der Waals surface area (Å²) in [6.07, 6.45) is 0.283. The van der Waals surface area contributed by atoms with Gasteiger partial charge in [0.1, 0.15) is 5.58 Å². The van der Waals surface area contributed by atoms with E-state index in [1.165, 1.54) is 0 Å². The summed E-state index contributed by atoms with van der Waals surface area (Å²) >= 11 is 0. The summed E-state index contributed by atoms with van der Waals surface area (Å²) in [5.74, 6) is -0.00741. The fraction of sp³-hybridized carbons (Fsp3) is 0.286. The minimum Gasteiger partial charge on any atom is -0.451 e. The van der Waals surface area contributed by atoms with Crippen LogP contribution < -0.4 is 5.32 Å². The van der Waals surface area contributed by atoms with Crippen LogP contribution in [0.4, 0.5) is 0 Å². The molecule has 0 radical (unpaired) electrons. The number of nitrogens with one attached hydrogen (secondary N) is 1. The predicted molar refractivity (Wildman–Crippen MR) is 68.1 cm³/mol. The third kappa shape index (κ3) is 2.51. The van der Waals surface area contributed by atoms with Crippen molar-refractivity contribution in [3.63, 3.8) is 0 Å². The van der Waals surface area contributed by atoms with Crippen molar-refractivity contribution in [3.05, 3.63) is 35.6 Å². The summed E-state index contributed by atoms with van der Waals surface area (Å²) in [6, 6.07) is 9.30. The SMILES string of the molecule is Cc1ccc2oc(C(=O)NC(C)CC#N)cc2c1. The van der Waals surface area contributed by atoms with E-state index in [1.54, 1.807) is 13.0 Å². The molecule has 0 fully saturated rings. The van der Waals surface area contributed by atoms with E-state index in [0.29, 0.717) is 5.58 Å². The fourth-order valence-corrected chi connectivity index (χ4v) is 1.76. The molecule has 1 atom stereocenters. The highest BCUT2D eigenvalue weighted by atomic mass is 16.3. The smallest absolute Gasteiger partial charge is 0.287 e. The van der Waals surface area contributed by atoms with Crippen molar-refractivity contribution in [2.75, 3.05) is 0 Å². The Morgan fingerprint density at radius 1 is 1.50 bits per heavy atom. The van der Waals surface area contributed by atoms with Crippen LogP contribution >= 0.6 is 0 Å². The molecule has 2 rings (SSSR count). The van der Waals surface area contributed by atoms with Crippen molar-refractivity contribution in [1.29, 1.82) is 5.26 Å². The Hall–Kier alpha value is -2.28. The molecule has 0 saturated carbocycles. The fourth-order valence-electron chi connectivity index (χ4n) is 1.76. The number of aryl methyl sites for hydroxylation is 1. The Morgan fingerprint density at radius 3 is 3.00 bits per heavy atom. The molecule has 0 saturated heterocycles. The van der Waals surface area contributed by atoms with Gasteiger partial charge in [0.15, 0.2) is 5.76 Å². The first-order chi connectivity index (χ1) is 8.60. The number of benzene rings is 1. The molecule has 18 heavy (non-hydrogen) atoms. The second-order valence-electron chi connectivity index (χ2n) is 4.39. The molecule has 0 bridgehead atoms. The van der Waals surface area contributed by atoms with Gasteiger partial charge in [-0.25, -0.2) is 0 Å². The van der Waals surface area contributed by atoms with Crippen molar-refractivity contribution >= 4 is 16.9 Å². The van der Waals surface area contributed by atoms with E-state index in [0.717, 1.165) is 10.9 Å². The highest BCUT2D eigenvalue weighted by molar-refractivity contribution is 5.96. The third-order valence-electron chi connectivity index (χ3n) is 2.67. The number of rotatable bonds is 3. The van der Waals surface area contributed by atoms with Crippen LogP contribution in [0.15, 0.2) is 28.7 Å². The van der Waals surface area contributed by atoms with Gasteiger partial charge in [-0.2, -0.15) is 5.26 Å². The van der Waals surface area contributed by atoms with Gasteiger partial charge in [-0.3, -0.25) is 4.79 Å². The maximum absolute atomic E-state index is 11.9.